The maximum absolute atomic E-state index is 11.5. The third-order valence-electron chi connectivity index (χ3n) is 2.45. The minimum absolute atomic E-state index is 0.0881. The smallest absolute Gasteiger partial charge is 0.330 e. The number of hydrogen-bond donors (Lipinski definition) is 1. The molecule has 0 aliphatic rings. The van der Waals surface area contributed by atoms with E-state index in [1.165, 1.54) is 0 Å². The van der Waals surface area contributed by atoms with Gasteiger partial charge in [-0.3, -0.25) is 4.79 Å². The highest BCUT2D eigenvalue weighted by molar-refractivity contribution is 5.82. The van der Waals surface area contributed by atoms with Crippen LogP contribution in [0.4, 0.5) is 0 Å². The normalized spacial score (nSPS) is 9.89. The van der Waals surface area contributed by atoms with Gasteiger partial charge in [-0.15, -0.1) is 0 Å². The molecule has 0 radical (unpaired) electrons. The zero-order valence-corrected chi connectivity index (χ0v) is 10.9. The van der Waals surface area contributed by atoms with Crippen molar-refractivity contribution in [3.05, 3.63) is 29.8 Å². The molecule has 1 N–H and O–H groups in total. The van der Waals surface area contributed by atoms with E-state index >= 15 is 0 Å². The average molecular weight is 249 g/mol. The van der Waals surface area contributed by atoms with Crippen molar-refractivity contribution >= 4 is 11.9 Å². The predicted octanol–water partition coefficient (Wildman–Crippen LogP) is 2.07. The van der Waals surface area contributed by atoms with Gasteiger partial charge in [-0.25, -0.2) is 4.79 Å². The molecule has 98 valence electrons. The Bertz CT molecular complexity index is 415. The van der Waals surface area contributed by atoms with Crippen LogP contribution in [0.25, 0.3) is 0 Å². The standard InChI is InChI=1S/C14H19NO3/c1-3-6-13(16)15-10-14(17)18-12-8-5-7-11(4-2)9-12/h5,7-9H,3-4,6,10H2,1-2H3,(H,15,16). The Labute approximate surface area is 107 Å². The molecule has 1 rings (SSSR count). The highest BCUT2D eigenvalue weighted by Gasteiger charge is 2.07. The largest absolute Gasteiger partial charge is 0.425 e. The molecule has 18 heavy (non-hydrogen) atoms. The molecular weight excluding hydrogens is 230 g/mol. The lowest BCUT2D eigenvalue weighted by atomic mass is 10.2. The molecule has 0 saturated heterocycles. The van der Waals surface area contributed by atoms with Crippen molar-refractivity contribution in [3.63, 3.8) is 0 Å². The highest BCUT2D eigenvalue weighted by atomic mass is 16.5. The van der Waals surface area contributed by atoms with E-state index in [4.69, 9.17) is 4.74 Å². The lowest BCUT2D eigenvalue weighted by molar-refractivity contribution is -0.135. The molecule has 4 heteroatoms. The minimum atomic E-state index is -0.451. The summed E-state index contributed by atoms with van der Waals surface area (Å²) in [5, 5.41) is 2.52. The van der Waals surface area contributed by atoms with E-state index in [1.807, 2.05) is 32.0 Å². The van der Waals surface area contributed by atoms with Gasteiger partial charge in [-0.1, -0.05) is 26.0 Å². The summed E-state index contributed by atoms with van der Waals surface area (Å²) in [4.78, 5) is 22.7. The molecule has 0 bridgehead atoms. The summed E-state index contributed by atoms with van der Waals surface area (Å²) in [6, 6.07) is 7.37. The van der Waals surface area contributed by atoms with Crippen LogP contribution >= 0.6 is 0 Å². The first kappa shape index (κ1) is 14.2. The summed E-state index contributed by atoms with van der Waals surface area (Å²) in [6.07, 6.45) is 2.08. The SMILES string of the molecule is CCCC(=O)NCC(=O)Oc1cccc(CC)c1. The number of aryl methyl sites for hydroxylation is 1. The minimum Gasteiger partial charge on any atom is -0.425 e. The number of hydrogen-bond acceptors (Lipinski definition) is 3. The predicted molar refractivity (Wildman–Crippen MR) is 69.4 cm³/mol. The topological polar surface area (TPSA) is 55.4 Å². The van der Waals surface area contributed by atoms with Crippen molar-refractivity contribution in [3.8, 4) is 5.75 Å². The van der Waals surface area contributed by atoms with Crippen molar-refractivity contribution in [2.45, 2.75) is 33.1 Å². The zero-order valence-electron chi connectivity index (χ0n) is 10.9. The van der Waals surface area contributed by atoms with Crippen LogP contribution in [0.5, 0.6) is 5.75 Å². The van der Waals surface area contributed by atoms with Crippen molar-refractivity contribution in [1.82, 2.24) is 5.32 Å². The Hall–Kier alpha value is -1.84. The van der Waals surface area contributed by atoms with E-state index in [-0.39, 0.29) is 12.5 Å². The average Bonchev–Trinajstić information content (AvgIpc) is 2.37. The Kier molecular flexibility index (Phi) is 5.91. The van der Waals surface area contributed by atoms with Gasteiger partial charge in [0.25, 0.3) is 0 Å². The number of rotatable bonds is 6. The first-order valence-corrected chi connectivity index (χ1v) is 6.22. The Morgan fingerprint density at radius 1 is 1.28 bits per heavy atom. The molecule has 4 nitrogen and oxygen atoms in total. The van der Waals surface area contributed by atoms with Gasteiger partial charge in [0.2, 0.25) is 5.91 Å². The molecule has 1 amide bonds. The third-order valence-corrected chi connectivity index (χ3v) is 2.45. The van der Waals surface area contributed by atoms with Crippen LogP contribution in [0.3, 0.4) is 0 Å². The van der Waals surface area contributed by atoms with Gasteiger partial charge in [-0.2, -0.15) is 0 Å². The van der Waals surface area contributed by atoms with Gasteiger partial charge in [0.1, 0.15) is 12.3 Å². The Morgan fingerprint density at radius 3 is 2.72 bits per heavy atom. The van der Waals surface area contributed by atoms with Crippen LogP contribution < -0.4 is 10.1 Å². The molecule has 0 heterocycles. The van der Waals surface area contributed by atoms with Crippen molar-refractivity contribution in [1.29, 1.82) is 0 Å². The summed E-state index contributed by atoms with van der Waals surface area (Å²) < 4.78 is 5.13. The number of nitrogens with one attached hydrogen (secondary N) is 1. The van der Waals surface area contributed by atoms with Crippen LogP contribution in [0.2, 0.25) is 0 Å². The second kappa shape index (κ2) is 7.48. The number of ether oxygens (including phenoxy) is 1. The molecule has 0 aliphatic heterocycles. The lowest BCUT2D eigenvalue weighted by Gasteiger charge is -2.06. The van der Waals surface area contributed by atoms with Gasteiger partial charge in [0.15, 0.2) is 0 Å². The first-order chi connectivity index (χ1) is 8.65. The summed E-state index contributed by atoms with van der Waals surface area (Å²) in [6.45, 7) is 3.86. The van der Waals surface area contributed by atoms with Crippen LogP contribution in [-0.4, -0.2) is 18.4 Å². The van der Waals surface area contributed by atoms with Crippen LogP contribution in [0.1, 0.15) is 32.3 Å². The first-order valence-electron chi connectivity index (χ1n) is 6.22. The maximum Gasteiger partial charge on any atom is 0.330 e. The Morgan fingerprint density at radius 2 is 2.06 bits per heavy atom. The quantitative estimate of drug-likeness (QED) is 0.620. The number of esters is 1. The summed E-state index contributed by atoms with van der Waals surface area (Å²) in [5.41, 5.74) is 1.11. The highest BCUT2D eigenvalue weighted by Crippen LogP contribution is 2.13. The molecular formula is C14H19NO3. The van der Waals surface area contributed by atoms with Gasteiger partial charge >= 0.3 is 5.97 Å². The lowest BCUT2D eigenvalue weighted by Crippen LogP contribution is -2.31. The monoisotopic (exact) mass is 249 g/mol. The molecule has 0 atom stereocenters. The number of amides is 1. The zero-order chi connectivity index (χ0) is 13.4. The number of benzene rings is 1. The third kappa shape index (κ3) is 4.99. The summed E-state index contributed by atoms with van der Waals surface area (Å²) >= 11 is 0. The van der Waals surface area contributed by atoms with Gasteiger partial charge in [0, 0.05) is 6.42 Å². The van der Waals surface area contributed by atoms with Crippen LogP contribution in [-0.2, 0) is 16.0 Å². The molecule has 0 fully saturated rings. The summed E-state index contributed by atoms with van der Waals surface area (Å²) in [7, 11) is 0. The molecule has 0 saturated carbocycles. The van der Waals surface area contributed by atoms with Crippen LogP contribution in [0.15, 0.2) is 24.3 Å². The van der Waals surface area contributed by atoms with Crippen molar-refractivity contribution in [2.75, 3.05) is 6.54 Å². The Balaban J connectivity index is 2.42. The molecule has 0 spiro atoms. The van der Waals surface area contributed by atoms with Crippen molar-refractivity contribution < 1.29 is 14.3 Å². The molecule has 1 aromatic carbocycles. The molecule has 0 aliphatic carbocycles. The summed E-state index contributed by atoms with van der Waals surface area (Å²) in [5.74, 6) is -0.0615. The van der Waals surface area contributed by atoms with Crippen molar-refractivity contribution in [2.24, 2.45) is 0 Å². The molecule has 1 aromatic rings. The molecule has 0 unspecified atom stereocenters. The fourth-order valence-electron chi connectivity index (χ4n) is 1.48. The maximum atomic E-state index is 11.5. The number of carbonyl (C=O) groups is 2. The van der Waals surface area contributed by atoms with E-state index in [2.05, 4.69) is 5.32 Å². The van der Waals surface area contributed by atoms with Gasteiger partial charge in [-0.05, 0) is 30.5 Å². The van der Waals surface area contributed by atoms with Crippen LogP contribution in [0, 0.1) is 0 Å². The van der Waals surface area contributed by atoms with E-state index < -0.39 is 5.97 Å². The van der Waals surface area contributed by atoms with E-state index in [1.54, 1.807) is 6.07 Å². The van der Waals surface area contributed by atoms with E-state index in [0.717, 1.165) is 18.4 Å². The fraction of sp³-hybridized carbons (Fsp3) is 0.429. The fourth-order valence-corrected chi connectivity index (χ4v) is 1.48. The van der Waals surface area contributed by atoms with Gasteiger partial charge in [0.05, 0.1) is 0 Å². The second-order valence-electron chi connectivity index (χ2n) is 4.00. The number of carbonyl (C=O) groups excluding carboxylic acids is 2. The van der Waals surface area contributed by atoms with E-state index in [9.17, 15) is 9.59 Å². The second-order valence-corrected chi connectivity index (χ2v) is 4.00. The molecule has 0 aromatic heterocycles. The van der Waals surface area contributed by atoms with E-state index in [0.29, 0.717) is 12.2 Å². The van der Waals surface area contributed by atoms with Gasteiger partial charge < -0.3 is 10.1 Å².